The molecule has 0 radical (unpaired) electrons. The van der Waals surface area contributed by atoms with E-state index in [9.17, 15) is 19.5 Å². The molecule has 1 aromatic heterocycles. The van der Waals surface area contributed by atoms with Crippen LogP contribution in [0.25, 0.3) is 11.0 Å². The second kappa shape index (κ2) is 8.75. The molecule has 0 spiro atoms. The molecule has 1 N–H and O–H groups in total. The van der Waals surface area contributed by atoms with E-state index < -0.39 is 18.5 Å². The number of carbonyl (C=O) groups is 3. The number of morpholine rings is 1. The molecule has 150 valence electrons. The van der Waals surface area contributed by atoms with Gasteiger partial charge in [0.15, 0.2) is 6.61 Å². The summed E-state index contributed by atoms with van der Waals surface area (Å²) in [4.78, 5) is 39.2. The first-order valence-corrected chi connectivity index (χ1v) is 8.88. The summed E-state index contributed by atoms with van der Waals surface area (Å²) in [5, 5.41) is 10.1. The van der Waals surface area contributed by atoms with Gasteiger partial charge in [-0.2, -0.15) is 0 Å². The van der Waals surface area contributed by atoms with Crippen LogP contribution in [-0.4, -0.2) is 79.2 Å². The van der Waals surface area contributed by atoms with Crippen LogP contribution in [-0.2, 0) is 30.3 Å². The van der Waals surface area contributed by atoms with E-state index in [1.54, 1.807) is 11.0 Å². The smallest absolute Gasteiger partial charge is 0.310 e. The van der Waals surface area contributed by atoms with Gasteiger partial charge in [0.05, 0.1) is 32.4 Å². The van der Waals surface area contributed by atoms with Crippen LogP contribution >= 0.6 is 0 Å². The maximum absolute atomic E-state index is 12.2. The zero-order chi connectivity index (χ0) is 20.1. The van der Waals surface area contributed by atoms with Gasteiger partial charge in [-0.1, -0.05) is 0 Å². The maximum Gasteiger partial charge on any atom is 0.310 e. The van der Waals surface area contributed by atoms with Crippen LogP contribution < -0.4 is 0 Å². The van der Waals surface area contributed by atoms with Gasteiger partial charge < -0.3 is 28.8 Å². The Morgan fingerprint density at radius 1 is 1.25 bits per heavy atom. The number of rotatable bonds is 6. The van der Waals surface area contributed by atoms with Gasteiger partial charge in [0.1, 0.15) is 11.3 Å². The second-order valence-electron chi connectivity index (χ2n) is 6.52. The summed E-state index contributed by atoms with van der Waals surface area (Å²) in [6.07, 6.45) is 1.35. The van der Waals surface area contributed by atoms with Crippen LogP contribution in [0, 0.1) is 0 Å². The molecular formula is C19H22N2O7. The van der Waals surface area contributed by atoms with Crippen molar-refractivity contribution in [3.63, 3.8) is 0 Å². The van der Waals surface area contributed by atoms with Crippen molar-refractivity contribution in [2.45, 2.75) is 6.42 Å². The second-order valence-corrected chi connectivity index (χ2v) is 6.52. The maximum atomic E-state index is 12.2. The first-order chi connectivity index (χ1) is 13.4. The monoisotopic (exact) mass is 390 g/mol. The summed E-state index contributed by atoms with van der Waals surface area (Å²) in [5.41, 5.74) is 1.06. The minimum absolute atomic E-state index is 0.0660. The average Bonchev–Trinajstić information content (AvgIpc) is 3.08. The number of fused-ring (bicyclic) bond motifs is 1. The molecule has 9 nitrogen and oxygen atoms in total. The molecule has 2 heterocycles. The van der Waals surface area contributed by atoms with E-state index >= 15 is 0 Å². The fraction of sp³-hybridized carbons (Fsp3) is 0.421. The Hall–Kier alpha value is -3.07. The lowest BCUT2D eigenvalue weighted by Crippen LogP contribution is -2.46. The standard InChI is InChI=1S/C19H22N2O7/c1-20(10-17(23)21-4-6-26-7-5-21)18(24)12-28-19(25)8-13-11-27-16-9-14(22)2-3-15(13)16/h2-3,9,11,22H,4-8,10,12H2,1H3. The van der Waals surface area contributed by atoms with Gasteiger partial charge in [-0.15, -0.1) is 0 Å². The third kappa shape index (κ3) is 4.80. The number of ether oxygens (including phenoxy) is 2. The number of phenols is 1. The van der Waals surface area contributed by atoms with Crippen molar-refractivity contribution in [3.05, 3.63) is 30.0 Å². The van der Waals surface area contributed by atoms with E-state index in [0.29, 0.717) is 42.8 Å². The van der Waals surface area contributed by atoms with Crippen molar-refractivity contribution < 1.29 is 33.4 Å². The van der Waals surface area contributed by atoms with E-state index in [4.69, 9.17) is 13.9 Å². The van der Waals surface area contributed by atoms with E-state index in [1.807, 2.05) is 0 Å². The third-order valence-corrected chi connectivity index (χ3v) is 4.49. The molecule has 0 saturated carbocycles. The fourth-order valence-electron chi connectivity index (χ4n) is 2.87. The molecule has 28 heavy (non-hydrogen) atoms. The van der Waals surface area contributed by atoms with E-state index in [1.165, 1.54) is 30.3 Å². The molecule has 0 atom stereocenters. The number of nitrogens with zero attached hydrogens (tertiary/aromatic N) is 2. The SMILES string of the molecule is CN(CC(=O)N1CCOCC1)C(=O)COC(=O)Cc1coc2cc(O)ccc12. The lowest BCUT2D eigenvalue weighted by atomic mass is 10.1. The number of carbonyl (C=O) groups excluding carboxylic acids is 3. The Kier molecular flexibility index (Phi) is 6.15. The van der Waals surface area contributed by atoms with Crippen molar-refractivity contribution in [3.8, 4) is 5.75 Å². The summed E-state index contributed by atoms with van der Waals surface area (Å²) in [6, 6.07) is 4.59. The van der Waals surface area contributed by atoms with Crippen molar-refractivity contribution >= 4 is 28.8 Å². The Balaban J connectivity index is 1.46. The average molecular weight is 390 g/mol. The number of likely N-dealkylation sites (N-methyl/N-ethyl adjacent to an activating group) is 1. The highest BCUT2D eigenvalue weighted by Gasteiger charge is 2.21. The summed E-state index contributed by atoms with van der Waals surface area (Å²) >= 11 is 0. The van der Waals surface area contributed by atoms with Crippen LogP contribution in [0.4, 0.5) is 0 Å². The number of aromatic hydroxyl groups is 1. The largest absolute Gasteiger partial charge is 0.508 e. The number of hydrogen-bond acceptors (Lipinski definition) is 7. The van der Waals surface area contributed by atoms with Crippen LogP contribution in [0.2, 0.25) is 0 Å². The molecule has 3 rings (SSSR count). The van der Waals surface area contributed by atoms with Crippen LogP contribution in [0.1, 0.15) is 5.56 Å². The molecule has 1 aliphatic heterocycles. The molecule has 0 unspecified atom stereocenters. The molecule has 1 fully saturated rings. The van der Waals surface area contributed by atoms with Crippen molar-refractivity contribution in [1.82, 2.24) is 9.80 Å². The fourth-order valence-corrected chi connectivity index (χ4v) is 2.87. The van der Waals surface area contributed by atoms with Gasteiger partial charge in [0.2, 0.25) is 5.91 Å². The molecule has 1 saturated heterocycles. The summed E-state index contributed by atoms with van der Waals surface area (Å²) in [6.45, 7) is 1.47. The zero-order valence-corrected chi connectivity index (χ0v) is 15.6. The highest BCUT2D eigenvalue weighted by molar-refractivity contribution is 5.88. The number of hydrogen-bond donors (Lipinski definition) is 1. The highest BCUT2D eigenvalue weighted by Crippen LogP contribution is 2.25. The van der Waals surface area contributed by atoms with Crippen molar-refractivity contribution in [2.24, 2.45) is 0 Å². The Labute approximate surface area is 161 Å². The van der Waals surface area contributed by atoms with Gasteiger partial charge in [-0.05, 0) is 12.1 Å². The number of esters is 1. The molecule has 2 amide bonds. The van der Waals surface area contributed by atoms with Gasteiger partial charge in [-0.3, -0.25) is 14.4 Å². The number of furan rings is 1. The topological polar surface area (TPSA) is 110 Å². The van der Waals surface area contributed by atoms with Crippen LogP contribution in [0.3, 0.4) is 0 Å². The van der Waals surface area contributed by atoms with E-state index in [0.717, 1.165) is 0 Å². The quantitative estimate of drug-likeness (QED) is 0.717. The predicted molar refractivity (Wildman–Crippen MR) is 97.6 cm³/mol. The lowest BCUT2D eigenvalue weighted by Gasteiger charge is -2.28. The predicted octanol–water partition coefficient (Wildman–Crippen LogP) is 0.541. The normalized spacial score (nSPS) is 14.1. The Morgan fingerprint density at radius 3 is 2.75 bits per heavy atom. The van der Waals surface area contributed by atoms with E-state index in [-0.39, 0.29) is 24.6 Å². The van der Waals surface area contributed by atoms with Gasteiger partial charge in [0.25, 0.3) is 5.91 Å². The highest BCUT2D eigenvalue weighted by atomic mass is 16.5. The first kappa shape index (κ1) is 19.7. The molecule has 1 aliphatic rings. The van der Waals surface area contributed by atoms with Crippen LogP contribution in [0.15, 0.2) is 28.9 Å². The van der Waals surface area contributed by atoms with Crippen LogP contribution in [0.5, 0.6) is 5.75 Å². The summed E-state index contributed by atoms with van der Waals surface area (Å²) < 4.78 is 15.5. The van der Waals surface area contributed by atoms with E-state index in [2.05, 4.69) is 0 Å². The molecule has 1 aromatic carbocycles. The summed E-state index contributed by atoms with van der Waals surface area (Å²) in [5.74, 6) is -1.15. The van der Waals surface area contributed by atoms with Gasteiger partial charge >= 0.3 is 5.97 Å². The Bertz CT molecular complexity index is 870. The minimum Gasteiger partial charge on any atom is -0.508 e. The first-order valence-electron chi connectivity index (χ1n) is 8.88. The third-order valence-electron chi connectivity index (χ3n) is 4.49. The zero-order valence-electron chi connectivity index (χ0n) is 15.6. The van der Waals surface area contributed by atoms with Crippen molar-refractivity contribution in [1.29, 1.82) is 0 Å². The van der Waals surface area contributed by atoms with Gasteiger partial charge in [-0.25, -0.2) is 0 Å². The van der Waals surface area contributed by atoms with Crippen molar-refractivity contribution in [2.75, 3.05) is 46.5 Å². The summed E-state index contributed by atoms with van der Waals surface area (Å²) in [7, 11) is 1.49. The Morgan fingerprint density at radius 2 is 2.00 bits per heavy atom. The lowest BCUT2D eigenvalue weighted by molar-refractivity contribution is -0.152. The molecular weight excluding hydrogens is 368 g/mol. The number of amides is 2. The minimum atomic E-state index is -0.586. The number of benzene rings is 1. The number of phenolic OH excluding ortho intramolecular Hbond substituents is 1. The van der Waals surface area contributed by atoms with Gasteiger partial charge in [0, 0.05) is 37.2 Å². The molecule has 0 aliphatic carbocycles. The molecule has 2 aromatic rings. The molecule has 9 heteroatoms. The molecule has 0 bridgehead atoms.